The Bertz CT molecular complexity index is 891. The van der Waals surface area contributed by atoms with Gasteiger partial charge in [0.05, 0.1) is 11.4 Å². The number of benzene rings is 1. The van der Waals surface area contributed by atoms with Crippen molar-refractivity contribution in [2.75, 3.05) is 13.1 Å². The first kappa shape index (κ1) is 17.3. The maximum Gasteiger partial charge on any atom is 0.251 e. The third-order valence-corrected chi connectivity index (χ3v) is 5.93. The molecule has 1 aromatic carbocycles. The SMILES string of the molecule is Cc1ccc(S(=O)(=O)N2CCC[C@H](Oc3nccnc3C#N)C2)cc1. The first-order valence-corrected chi connectivity index (χ1v) is 9.39. The van der Waals surface area contributed by atoms with Crippen molar-refractivity contribution in [2.45, 2.75) is 30.8 Å². The summed E-state index contributed by atoms with van der Waals surface area (Å²) in [6, 6.07) is 8.72. The molecule has 0 bridgehead atoms. The Labute approximate surface area is 147 Å². The lowest BCUT2D eigenvalue weighted by Crippen LogP contribution is -2.44. The molecule has 130 valence electrons. The average Bonchev–Trinajstić information content (AvgIpc) is 2.63. The van der Waals surface area contributed by atoms with E-state index in [0.29, 0.717) is 19.4 Å². The van der Waals surface area contributed by atoms with Gasteiger partial charge in [0, 0.05) is 18.9 Å². The molecule has 1 fully saturated rings. The maximum absolute atomic E-state index is 12.8. The van der Waals surface area contributed by atoms with Crippen LogP contribution in [0.2, 0.25) is 0 Å². The van der Waals surface area contributed by atoms with Gasteiger partial charge in [-0.3, -0.25) is 0 Å². The monoisotopic (exact) mass is 358 g/mol. The molecule has 25 heavy (non-hydrogen) atoms. The third-order valence-electron chi connectivity index (χ3n) is 4.05. The number of aromatic nitrogens is 2. The number of rotatable bonds is 4. The molecular weight excluding hydrogens is 340 g/mol. The van der Waals surface area contributed by atoms with Gasteiger partial charge in [-0.2, -0.15) is 9.57 Å². The van der Waals surface area contributed by atoms with E-state index in [0.717, 1.165) is 5.56 Å². The predicted molar refractivity (Wildman–Crippen MR) is 90.3 cm³/mol. The van der Waals surface area contributed by atoms with Crippen LogP contribution in [0.1, 0.15) is 24.1 Å². The summed E-state index contributed by atoms with van der Waals surface area (Å²) in [5.41, 5.74) is 1.10. The Morgan fingerprint density at radius 3 is 2.68 bits per heavy atom. The quantitative estimate of drug-likeness (QED) is 0.828. The van der Waals surface area contributed by atoms with E-state index in [1.165, 1.54) is 16.7 Å². The van der Waals surface area contributed by atoms with Crippen molar-refractivity contribution in [1.82, 2.24) is 14.3 Å². The number of ether oxygens (including phenoxy) is 1. The summed E-state index contributed by atoms with van der Waals surface area (Å²) in [7, 11) is -3.57. The first-order chi connectivity index (χ1) is 12.0. The summed E-state index contributed by atoms with van der Waals surface area (Å²) in [5, 5.41) is 9.06. The molecule has 0 unspecified atom stereocenters. The van der Waals surface area contributed by atoms with Gasteiger partial charge >= 0.3 is 0 Å². The van der Waals surface area contributed by atoms with Gasteiger partial charge in [0.2, 0.25) is 15.7 Å². The summed E-state index contributed by atoms with van der Waals surface area (Å²) in [6.07, 6.45) is 3.87. The van der Waals surface area contributed by atoms with Crippen molar-refractivity contribution in [2.24, 2.45) is 0 Å². The van der Waals surface area contributed by atoms with Gasteiger partial charge in [0.25, 0.3) is 5.88 Å². The molecular formula is C17H18N4O3S. The number of nitrogens with zero attached hydrogens (tertiary/aromatic N) is 4. The lowest BCUT2D eigenvalue weighted by atomic mass is 10.1. The minimum Gasteiger partial charge on any atom is -0.471 e. The standard InChI is InChI=1S/C17H18N4O3S/c1-13-4-6-15(7-5-13)25(22,23)21-10-2-3-14(12-21)24-17-16(11-18)19-8-9-20-17/h4-9,14H,2-3,10,12H2,1H3/t14-/m0/s1. The molecule has 0 radical (unpaired) electrons. The number of piperidine rings is 1. The van der Waals surface area contributed by atoms with Crippen LogP contribution < -0.4 is 4.74 Å². The van der Waals surface area contributed by atoms with Crippen LogP contribution in [-0.2, 0) is 10.0 Å². The number of nitriles is 1. The van der Waals surface area contributed by atoms with E-state index in [-0.39, 0.29) is 29.1 Å². The Hall–Kier alpha value is -2.50. The van der Waals surface area contributed by atoms with Gasteiger partial charge in [-0.1, -0.05) is 17.7 Å². The second-order valence-corrected chi connectivity index (χ2v) is 7.82. The van der Waals surface area contributed by atoms with Crippen LogP contribution in [0.25, 0.3) is 0 Å². The van der Waals surface area contributed by atoms with Crippen LogP contribution in [0.5, 0.6) is 5.88 Å². The molecule has 1 aliphatic rings. The molecule has 1 saturated heterocycles. The fraction of sp³-hybridized carbons (Fsp3) is 0.353. The molecule has 1 atom stereocenters. The van der Waals surface area contributed by atoms with Crippen molar-refractivity contribution in [1.29, 1.82) is 5.26 Å². The molecule has 0 amide bonds. The number of hydrogen-bond donors (Lipinski definition) is 0. The van der Waals surface area contributed by atoms with Gasteiger partial charge in [0.15, 0.2) is 0 Å². The largest absolute Gasteiger partial charge is 0.471 e. The van der Waals surface area contributed by atoms with Crippen molar-refractivity contribution in [3.05, 3.63) is 47.9 Å². The fourth-order valence-electron chi connectivity index (χ4n) is 2.72. The van der Waals surface area contributed by atoms with Crippen molar-refractivity contribution in [3.63, 3.8) is 0 Å². The molecule has 8 heteroatoms. The molecule has 7 nitrogen and oxygen atoms in total. The smallest absolute Gasteiger partial charge is 0.251 e. The highest BCUT2D eigenvalue weighted by atomic mass is 32.2. The highest BCUT2D eigenvalue weighted by molar-refractivity contribution is 7.89. The van der Waals surface area contributed by atoms with Gasteiger partial charge in [-0.25, -0.2) is 18.4 Å². The Balaban J connectivity index is 1.77. The second-order valence-electron chi connectivity index (χ2n) is 5.88. The summed E-state index contributed by atoms with van der Waals surface area (Å²) in [4.78, 5) is 8.20. The topological polar surface area (TPSA) is 96.2 Å². The zero-order valence-corrected chi connectivity index (χ0v) is 14.6. The van der Waals surface area contributed by atoms with Gasteiger partial charge in [0.1, 0.15) is 12.2 Å². The van der Waals surface area contributed by atoms with Gasteiger partial charge in [-0.15, -0.1) is 0 Å². The molecule has 0 N–H and O–H groups in total. The van der Waals surface area contributed by atoms with Crippen molar-refractivity contribution in [3.8, 4) is 11.9 Å². The summed E-state index contributed by atoms with van der Waals surface area (Å²) >= 11 is 0. The van der Waals surface area contributed by atoms with Crippen LogP contribution in [0.15, 0.2) is 41.6 Å². The Morgan fingerprint density at radius 1 is 1.24 bits per heavy atom. The minimum atomic E-state index is -3.57. The van der Waals surface area contributed by atoms with Crippen LogP contribution in [-0.4, -0.2) is 41.9 Å². The second kappa shape index (κ2) is 7.17. The zero-order chi connectivity index (χ0) is 17.9. The Kier molecular flexibility index (Phi) is 4.97. The molecule has 1 aliphatic heterocycles. The van der Waals surface area contributed by atoms with Crippen molar-refractivity contribution < 1.29 is 13.2 Å². The molecule has 0 aliphatic carbocycles. The molecule has 2 aromatic rings. The average molecular weight is 358 g/mol. The van der Waals surface area contributed by atoms with E-state index in [2.05, 4.69) is 9.97 Å². The molecule has 2 heterocycles. The van der Waals surface area contributed by atoms with Crippen LogP contribution in [0, 0.1) is 18.3 Å². The normalized spacial score (nSPS) is 18.5. The van der Waals surface area contributed by atoms with E-state index in [1.54, 1.807) is 24.3 Å². The lowest BCUT2D eigenvalue weighted by Gasteiger charge is -2.31. The van der Waals surface area contributed by atoms with E-state index in [4.69, 9.17) is 10.00 Å². The molecule has 0 spiro atoms. The van der Waals surface area contributed by atoms with Gasteiger partial charge < -0.3 is 4.74 Å². The fourth-order valence-corrected chi connectivity index (χ4v) is 4.24. The number of aryl methyl sites for hydroxylation is 1. The minimum absolute atomic E-state index is 0.0982. The number of hydrogen-bond acceptors (Lipinski definition) is 6. The summed E-state index contributed by atoms with van der Waals surface area (Å²) in [6.45, 7) is 2.58. The van der Waals surface area contributed by atoms with Crippen LogP contribution in [0.4, 0.5) is 0 Å². The van der Waals surface area contributed by atoms with E-state index in [9.17, 15) is 8.42 Å². The Morgan fingerprint density at radius 2 is 1.96 bits per heavy atom. The third kappa shape index (κ3) is 3.78. The first-order valence-electron chi connectivity index (χ1n) is 7.95. The maximum atomic E-state index is 12.8. The summed E-state index contributed by atoms with van der Waals surface area (Å²) < 4.78 is 32.8. The van der Waals surface area contributed by atoms with E-state index >= 15 is 0 Å². The van der Waals surface area contributed by atoms with Crippen LogP contribution >= 0.6 is 0 Å². The highest BCUT2D eigenvalue weighted by Crippen LogP contribution is 2.24. The highest BCUT2D eigenvalue weighted by Gasteiger charge is 2.31. The van der Waals surface area contributed by atoms with Gasteiger partial charge in [-0.05, 0) is 31.9 Å². The zero-order valence-electron chi connectivity index (χ0n) is 13.8. The van der Waals surface area contributed by atoms with E-state index in [1.807, 2.05) is 13.0 Å². The number of sulfonamides is 1. The summed E-state index contributed by atoms with van der Waals surface area (Å²) in [5.74, 6) is 0.143. The molecule has 1 aromatic heterocycles. The predicted octanol–water partition coefficient (Wildman–Crippen LogP) is 1.89. The molecule has 0 saturated carbocycles. The molecule has 3 rings (SSSR count). The lowest BCUT2D eigenvalue weighted by molar-refractivity contribution is 0.124. The van der Waals surface area contributed by atoms with Crippen LogP contribution in [0.3, 0.4) is 0 Å². The van der Waals surface area contributed by atoms with Crippen molar-refractivity contribution >= 4 is 10.0 Å². The van der Waals surface area contributed by atoms with E-state index < -0.39 is 10.0 Å².